The van der Waals surface area contributed by atoms with Crippen LogP contribution >= 0.6 is 11.6 Å². The van der Waals surface area contributed by atoms with Crippen molar-refractivity contribution in [3.05, 3.63) is 95.1 Å². The fourth-order valence-corrected chi connectivity index (χ4v) is 3.81. The summed E-state index contributed by atoms with van der Waals surface area (Å²) in [6, 6.07) is 24.5. The van der Waals surface area contributed by atoms with Crippen molar-refractivity contribution in [1.82, 2.24) is 4.98 Å². The first-order valence-electron chi connectivity index (χ1n) is 11.4. The molecule has 3 aromatic carbocycles. The zero-order valence-electron chi connectivity index (χ0n) is 19.3. The van der Waals surface area contributed by atoms with E-state index in [2.05, 4.69) is 4.98 Å². The third-order valence-electron chi connectivity index (χ3n) is 5.40. The lowest BCUT2D eigenvalue weighted by Crippen LogP contribution is -2.27. The number of aromatic nitrogens is 1. The zero-order chi connectivity index (χ0) is 24.6. The van der Waals surface area contributed by atoms with Crippen molar-refractivity contribution in [1.29, 1.82) is 0 Å². The van der Waals surface area contributed by atoms with Gasteiger partial charge in [-0.25, -0.2) is 9.78 Å². The molecule has 0 bridgehead atoms. The van der Waals surface area contributed by atoms with E-state index in [0.29, 0.717) is 47.3 Å². The molecule has 0 fully saturated rings. The molecule has 0 aliphatic heterocycles. The highest BCUT2D eigenvalue weighted by Gasteiger charge is 2.21. The summed E-state index contributed by atoms with van der Waals surface area (Å²) >= 11 is 6.30. The molecule has 1 heterocycles. The molecule has 7 heteroatoms. The minimum absolute atomic E-state index is 0.176. The van der Waals surface area contributed by atoms with E-state index in [1.165, 1.54) is 0 Å². The second-order valence-corrected chi connectivity index (χ2v) is 8.41. The van der Waals surface area contributed by atoms with E-state index in [4.69, 9.17) is 25.8 Å². The van der Waals surface area contributed by atoms with Crippen LogP contribution in [0.2, 0.25) is 5.02 Å². The highest BCUT2D eigenvalue weighted by Crippen LogP contribution is 2.31. The maximum Gasteiger partial charge on any atom is 0.344 e. The average Bonchev–Trinajstić information content (AvgIpc) is 2.87. The van der Waals surface area contributed by atoms with Gasteiger partial charge in [0.05, 0.1) is 16.2 Å². The van der Waals surface area contributed by atoms with Crippen LogP contribution in [-0.2, 0) is 18.0 Å². The first kappa shape index (κ1) is 24.4. The second-order valence-electron chi connectivity index (χ2n) is 8.01. The number of benzene rings is 3. The van der Waals surface area contributed by atoms with E-state index in [1.807, 2.05) is 67.6 Å². The Bertz CT molecular complexity index is 1290. The van der Waals surface area contributed by atoms with Gasteiger partial charge in [-0.2, -0.15) is 0 Å². The molecule has 4 aromatic rings. The molecule has 180 valence electrons. The monoisotopic (exact) mass is 491 g/mol. The molecule has 1 N–H and O–H groups in total. The van der Waals surface area contributed by atoms with Gasteiger partial charge in [0, 0.05) is 10.9 Å². The number of halogens is 1. The molecule has 35 heavy (non-hydrogen) atoms. The van der Waals surface area contributed by atoms with Crippen LogP contribution in [0.15, 0.2) is 78.9 Å². The summed E-state index contributed by atoms with van der Waals surface area (Å²) in [5.41, 5.74) is 2.45. The SMILES string of the molecule is CCC[C@H](Oc1c(Cl)cccc1COc1ccc(OCc2ccc3ccccc3n2)cc1)C(=O)O. The molecule has 0 radical (unpaired) electrons. The third-order valence-corrected chi connectivity index (χ3v) is 5.69. The Labute approximate surface area is 209 Å². The minimum atomic E-state index is -1.02. The Hall–Kier alpha value is -3.77. The molecule has 4 rings (SSSR count). The quantitative estimate of drug-likeness (QED) is 0.252. The predicted molar refractivity (Wildman–Crippen MR) is 135 cm³/mol. The van der Waals surface area contributed by atoms with Crippen molar-refractivity contribution in [3.8, 4) is 17.2 Å². The molecular weight excluding hydrogens is 466 g/mol. The average molecular weight is 492 g/mol. The molecule has 0 saturated heterocycles. The van der Waals surface area contributed by atoms with E-state index in [1.54, 1.807) is 18.2 Å². The topological polar surface area (TPSA) is 77.9 Å². The van der Waals surface area contributed by atoms with Crippen molar-refractivity contribution >= 4 is 28.5 Å². The fraction of sp³-hybridized carbons (Fsp3) is 0.214. The van der Waals surface area contributed by atoms with E-state index in [-0.39, 0.29) is 6.61 Å². The number of nitrogens with zero attached hydrogens (tertiary/aromatic N) is 1. The van der Waals surface area contributed by atoms with Crippen molar-refractivity contribution in [2.75, 3.05) is 0 Å². The van der Waals surface area contributed by atoms with Crippen LogP contribution in [0, 0.1) is 0 Å². The molecule has 0 saturated carbocycles. The van der Waals surface area contributed by atoms with Gasteiger partial charge in [0.2, 0.25) is 0 Å². The molecule has 0 aliphatic carbocycles. The number of para-hydroxylation sites is 2. The molecule has 0 spiro atoms. The van der Waals surface area contributed by atoms with E-state index in [9.17, 15) is 9.90 Å². The summed E-state index contributed by atoms with van der Waals surface area (Å²) in [6.07, 6.45) is 0.0995. The summed E-state index contributed by atoms with van der Waals surface area (Å²) in [5.74, 6) is 0.643. The number of hydrogen-bond donors (Lipinski definition) is 1. The third kappa shape index (κ3) is 6.43. The Morgan fingerprint density at radius 3 is 2.34 bits per heavy atom. The lowest BCUT2D eigenvalue weighted by molar-refractivity contribution is -0.145. The molecule has 1 aromatic heterocycles. The van der Waals surface area contributed by atoms with Gasteiger partial charge < -0.3 is 19.3 Å². The van der Waals surface area contributed by atoms with Gasteiger partial charge in [-0.05, 0) is 48.9 Å². The largest absolute Gasteiger partial charge is 0.489 e. The predicted octanol–water partition coefficient (Wildman–Crippen LogP) is 6.68. The van der Waals surface area contributed by atoms with Crippen LogP contribution in [0.1, 0.15) is 31.0 Å². The van der Waals surface area contributed by atoms with Gasteiger partial charge in [-0.15, -0.1) is 0 Å². The number of pyridine rings is 1. The van der Waals surface area contributed by atoms with Gasteiger partial charge in [-0.3, -0.25) is 0 Å². The standard InChI is InChI=1S/C28H26ClNO5/c1-2-6-26(28(31)32)35-27-20(8-5-9-24(27)29)17-33-22-13-15-23(16-14-22)34-18-21-12-11-19-7-3-4-10-25(19)30-21/h3-5,7-16,26H,2,6,17-18H2,1H3,(H,31,32)/t26-/m0/s1. The van der Waals surface area contributed by atoms with Crippen LogP contribution in [0.4, 0.5) is 0 Å². The number of rotatable bonds is 11. The maximum absolute atomic E-state index is 11.5. The molecule has 6 nitrogen and oxygen atoms in total. The van der Waals surface area contributed by atoms with Crippen LogP contribution in [0.25, 0.3) is 10.9 Å². The highest BCUT2D eigenvalue weighted by atomic mass is 35.5. The van der Waals surface area contributed by atoms with Crippen molar-refractivity contribution in [3.63, 3.8) is 0 Å². The van der Waals surface area contributed by atoms with Gasteiger partial charge in [0.15, 0.2) is 6.10 Å². The van der Waals surface area contributed by atoms with Crippen LogP contribution < -0.4 is 14.2 Å². The van der Waals surface area contributed by atoms with Crippen LogP contribution in [0.5, 0.6) is 17.2 Å². The molecule has 0 aliphatic rings. The normalized spacial score (nSPS) is 11.7. The maximum atomic E-state index is 11.5. The van der Waals surface area contributed by atoms with E-state index in [0.717, 1.165) is 16.6 Å². The van der Waals surface area contributed by atoms with Crippen molar-refractivity contribution < 1.29 is 24.1 Å². The Morgan fingerprint density at radius 2 is 1.63 bits per heavy atom. The highest BCUT2D eigenvalue weighted by molar-refractivity contribution is 6.32. The summed E-state index contributed by atoms with van der Waals surface area (Å²) in [7, 11) is 0. The first-order valence-corrected chi connectivity index (χ1v) is 11.8. The van der Waals surface area contributed by atoms with Crippen molar-refractivity contribution in [2.24, 2.45) is 0 Å². The summed E-state index contributed by atoms with van der Waals surface area (Å²) < 4.78 is 17.5. The van der Waals surface area contributed by atoms with Crippen LogP contribution in [-0.4, -0.2) is 22.2 Å². The van der Waals surface area contributed by atoms with Gasteiger partial charge in [0.25, 0.3) is 0 Å². The Balaban J connectivity index is 1.36. The van der Waals surface area contributed by atoms with Gasteiger partial charge in [-0.1, -0.05) is 61.3 Å². The number of carbonyl (C=O) groups is 1. The number of aliphatic carboxylic acids is 1. The van der Waals surface area contributed by atoms with Gasteiger partial charge >= 0.3 is 5.97 Å². The smallest absolute Gasteiger partial charge is 0.344 e. The summed E-state index contributed by atoms with van der Waals surface area (Å²) in [5, 5.41) is 10.9. The Kier molecular flexibility index (Phi) is 8.06. The van der Waals surface area contributed by atoms with E-state index < -0.39 is 12.1 Å². The Morgan fingerprint density at radius 1 is 0.914 bits per heavy atom. The van der Waals surface area contributed by atoms with E-state index >= 15 is 0 Å². The lowest BCUT2D eigenvalue weighted by atomic mass is 10.2. The lowest BCUT2D eigenvalue weighted by Gasteiger charge is -2.18. The number of hydrogen-bond acceptors (Lipinski definition) is 5. The number of fused-ring (bicyclic) bond motifs is 1. The minimum Gasteiger partial charge on any atom is -0.489 e. The number of carboxylic acid groups (broad SMARTS) is 1. The fourth-order valence-electron chi connectivity index (χ4n) is 3.58. The van der Waals surface area contributed by atoms with Crippen molar-refractivity contribution in [2.45, 2.75) is 39.1 Å². The second kappa shape index (κ2) is 11.6. The summed E-state index contributed by atoms with van der Waals surface area (Å²) in [4.78, 5) is 16.1. The first-order chi connectivity index (χ1) is 17.0. The zero-order valence-corrected chi connectivity index (χ0v) is 20.1. The van der Waals surface area contributed by atoms with Crippen LogP contribution in [0.3, 0.4) is 0 Å². The molecule has 1 atom stereocenters. The molecule has 0 unspecified atom stereocenters. The summed E-state index contributed by atoms with van der Waals surface area (Å²) in [6.45, 7) is 2.44. The van der Waals surface area contributed by atoms with Gasteiger partial charge in [0.1, 0.15) is 30.5 Å². The number of ether oxygens (including phenoxy) is 3. The molecular formula is C28H26ClNO5. The molecule has 0 amide bonds. The number of carboxylic acids is 1.